The molecule has 4 N–H and O–H groups in total. The van der Waals surface area contributed by atoms with Gasteiger partial charge in [0.05, 0.1) is 5.56 Å². The second-order valence-electron chi connectivity index (χ2n) is 9.14. The largest absolute Gasteiger partial charge is 0.507 e. The van der Waals surface area contributed by atoms with Gasteiger partial charge < -0.3 is 25.6 Å². The number of nitrogens with two attached hydrogens (primary N) is 1. The van der Waals surface area contributed by atoms with Gasteiger partial charge in [-0.3, -0.25) is 9.59 Å². The molecule has 1 aromatic rings. The van der Waals surface area contributed by atoms with E-state index in [1.165, 1.54) is 11.0 Å². The van der Waals surface area contributed by atoms with E-state index in [-0.39, 0.29) is 29.3 Å². The number of phenolic OH excluding ortho intramolecular Hbond substituents is 1. The quantitative estimate of drug-likeness (QED) is 0.261. The number of phenols is 1. The number of nitrogens with zero attached hydrogens (tertiary/aromatic N) is 1. The zero-order valence-electron chi connectivity index (χ0n) is 20.3. The van der Waals surface area contributed by atoms with Gasteiger partial charge in [0.1, 0.15) is 24.0 Å². The summed E-state index contributed by atoms with van der Waals surface area (Å²) in [6, 6.07) is 5.72. The van der Waals surface area contributed by atoms with Gasteiger partial charge in [0, 0.05) is 6.54 Å². The molecule has 1 heterocycles. The third-order valence-electron chi connectivity index (χ3n) is 6.41. The van der Waals surface area contributed by atoms with Crippen LogP contribution in [-0.4, -0.2) is 57.7 Å². The average Bonchev–Trinajstić information content (AvgIpc) is 3.31. The van der Waals surface area contributed by atoms with E-state index in [2.05, 4.69) is 6.92 Å². The number of para-hydroxylation sites is 1. The molecule has 1 aliphatic rings. The smallest absolute Gasteiger partial charge is 0.329 e. The van der Waals surface area contributed by atoms with Crippen LogP contribution in [0.1, 0.15) is 94.3 Å². The molecule has 0 aliphatic carbocycles. The fourth-order valence-electron chi connectivity index (χ4n) is 4.40. The monoisotopic (exact) mass is 476 g/mol. The number of benzene rings is 1. The van der Waals surface area contributed by atoms with Gasteiger partial charge >= 0.3 is 5.97 Å². The van der Waals surface area contributed by atoms with Crippen LogP contribution in [0.25, 0.3) is 0 Å². The van der Waals surface area contributed by atoms with Crippen molar-refractivity contribution in [3.05, 3.63) is 29.8 Å². The van der Waals surface area contributed by atoms with Gasteiger partial charge in [0.25, 0.3) is 5.91 Å². The molecule has 1 aromatic carbocycles. The first-order valence-electron chi connectivity index (χ1n) is 12.6. The maximum Gasteiger partial charge on any atom is 0.329 e. The molecule has 0 saturated carbocycles. The van der Waals surface area contributed by atoms with E-state index in [1.807, 2.05) is 0 Å². The summed E-state index contributed by atoms with van der Waals surface area (Å²) in [5.74, 6) is -1.54. The Kier molecular flexibility index (Phi) is 11.9. The number of aliphatic hydroxyl groups excluding tert-OH is 1. The van der Waals surface area contributed by atoms with Gasteiger partial charge in [0.2, 0.25) is 5.91 Å². The van der Waals surface area contributed by atoms with Crippen LogP contribution in [0.5, 0.6) is 5.75 Å². The highest BCUT2D eigenvalue weighted by atomic mass is 16.5. The molecule has 0 unspecified atom stereocenters. The van der Waals surface area contributed by atoms with Crippen LogP contribution in [-0.2, 0) is 14.3 Å². The topological polar surface area (TPSA) is 130 Å². The molecule has 3 atom stereocenters. The SMILES string of the molecule is CCCCCC[C@@H](CCCCC[C@@H](O)C(N)=O)OC(=O)[C@@H]1CCCN1C(=O)c1ccccc1O. The minimum Gasteiger partial charge on any atom is -0.507 e. The number of hydrogen-bond acceptors (Lipinski definition) is 6. The van der Waals surface area contributed by atoms with Crippen molar-refractivity contribution in [2.24, 2.45) is 5.73 Å². The fourth-order valence-corrected chi connectivity index (χ4v) is 4.40. The van der Waals surface area contributed by atoms with Crippen LogP contribution in [0.3, 0.4) is 0 Å². The predicted octanol–water partition coefficient (Wildman–Crippen LogP) is 3.68. The summed E-state index contributed by atoms with van der Waals surface area (Å²) in [5.41, 5.74) is 5.27. The summed E-state index contributed by atoms with van der Waals surface area (Å²) in [6.07, 6.45) is 8.31. The Hall–Kier alpha value is -2.61. The Balaban J connectivity index is 1.92. The lowest BCUT2D eigenvalue weighted by Crippen LogP contribution is -2.42. The Morgan fingerprint density at radius 1 is 1.06 bits per heavy atom. The van der Waals surface area contributed by atoms with Crippen LogP contribution in [0, 0.1) is 0 Å². The molecule has 34 heavy (non-hydrogen) atoms. The Labute approximate surface area is 202 Å². The van der Waals surface area contributed by atoms with Crippen molar-refractivity contribution in [1.29, 1.82) is 0 Å². The van der Waals surface area contributed by atoms with Crippen molar-refractivity contribution < 1.29 is 29.3 Å². The molecular formula is C26H40N2O6. The van der Waals surface area contributed by atoms with E-state index in [9.17, 15) is 24.6 Å². The predicted molar refractivity (Wildman–Crippen MR) is 129 cm³/mol. The number of carbonyl (C=O) groups is 3. The molecule has 1 aliphatic heterocycles. The number of unbranched alkanes of at least 4 members (excludes halogenated alkanes) is 5. The van der Waals surface area contributed by atoms with Crippen LogP contribution in [0.15, 0.2) is 24.3 Å². The molecule has 0 radical (unpaired) electrons. The molecular weight excluding hydrogens is 436 g/mol. The number of aromatic hydroxyl groups is 1. The maximum atomic E-state index is 13.1. The third-order valence-corrected chi connectivity index (χ3v) is 6.41. The highest BCUT2D eigenvalue weighted by Gasteiger charge is 2.37. The van der Waals surface area contributed by atoms with E-state index in [1.54, 1.807) is 18.2 Å². The summed E-state index contributed by atoms with van der Waals surface area (Å²) in [6.45, 7) is 2.60. The molecule has 8 nitrogen and oxygen atoms in total. The molecule has 190 valence electrons. The zero-order valence-corrected chi connectivity index (χ0v) is 20.3. The first kappa shape index (κ1) is 27.6. The van der Waals surface area contributed by atoms with E-state index in [4.69, 9.17) is 10.5 Å². The van der Waals surface area contributed by atoms with Crippen molar-refractivity contribution in [2.75, 3.05) is 6.54 Å². The molecule has 0 spiro atoms. The first-order valence-corrected chi connectivity index (χ1v) is 12.6. The van der Waals surface area contributed by atoms with Gasteiger partial charge in [-0.1, -0.05) is 51.2 Å². The maximum absolute atomic E-state index is 13.1. The molecule has 2 rings (SSSR count). The van der Waals surface area contributed by atoms with Gasteiger partial charge in [-0.05, 0) is 57.1 Å². The summed E-state index contributed by atoms with van der Waals surface area (Å²) in [4.78, 5) is 38.5. The Bertz CT molecular complexity index is 799. The number of likely N-dealkylation sites (tertiary alicyclic amines) is 1. The number of rotatable bonds is 15. The van der Waals surface area contributed by atoms with Crippen LogP contribution >= 0.6 is 0 Å². The zero-order chi connectivity index (χ0) is 24.9. The van der Waals surface area contributed by atoms with Crippen LogP contribution < -0.4 is 5.73 Å². The number of hydrogen-bond donors (Lipinski definition) is 3. The second-order valence-corrected chi connectivity index (χ2v) is 9.14. The van der Waals surface area contributed by atoms with Crippen molar-refractivity contribution in [1.82, 2.24) is 4.90 Å². The molecule has 1 saturated heterocycles. The Morgan fingerprint density at radius 3 is 2.35 bits per heavy atom. The normalized spacial score (nSPS) is 17.4. The lowest BCUT2D eigenvalue weighted by Gasteiger charge is -2.26. The third kappa shape index (κ3) is 8.63. The lowest BCUT2D eigenvalue weighted by molar-refractivity contribution is -0.154. The number of esters is 1. The number of primary amides is 1. The lowest BCUT2D eigenvalue weighted by atomic mass is 10.0. The van der Waals surface area contributed by atoms with Crippen molar-refractivity contribution in [3.8, 4) is 5.75 Å². The highest BCUT2D eigenvalue weighted by Crippen LogP contribution is 2.26. The fraction of sp³-hybridized carbons (Fsp3) is 0.654. The van der Waals surface area contributed by atoms with Gasteiger partial charge in [-0.2, -0.15) is 0 Å². The Morgan fingerprint density at radius 2 is 1.71 bits per heavy atom. The van der Waals surface area contributed by atoms with E-state index in [0.29, 0.717) is 38.6 Å². The summed E-state index contributed by atoms with van der Waals surface area (Å²) in [7, 11) is 0. The van der Waals surface area contributed by atoms with Crippen LogP contribution in [0.2, 0.25) is 0 Å². The summed E-state index contributed by atoms with van der Waals surface area (Å²) >= 11 is 0. The molecule has 8 heteroatoms. The number of aliphatic hydroxyl groups is 1. The van der Waals surface area contributed by atoms with Crippen molar-refractivity contribution in [2.45, 2.75) is 102 Å². The van der Waals surface area contributed by atoms with E-state index in [0.717, 1.165) is 44.9 Å². The molecule has 0 aromatic heterocycles. The molecule has 2 amide bonds. The standard InChI is InChI=1S/C26H40N2O6/c1-2-3-4-6-12-19(13-7-5-8-17-23(30)24(27)31)34-26(33)21-15-11-18-28(21)25(32)20-14-9-10-16-22(20)29/h9-10,14,16,19,21,23,29-30H,2-8,11-13,15,17-18H2,1H3,(H2,27,31)/t19-,21-,23+/m0/s1. The van der Waals surface area contributed by atoms with Crippen molar-refractivity contribution >= 4 is 17.8 Å². The van der Waals surface area contributed by atoms with Crippen molar-refractivity contribution in [3.63, 3.8) is 0 Å². The summed E-state index contributed by atoms with van der Waals surface area (Å²) in [5, 5.41) is 19.6. The highest BCUT2D eigenvalue weighted by molar-refractivity contribution is 5.99. The van der Waals surface area contributed by atoms with Crippen LogP contribution in [0.4, 0.5) is 0 Å². The minimum absolute atomic E-state index is 0.0956. The number of amides is 2. The van der Waals surface area contributed by atoms with Gasteiger partial charge in [-0.25, -0.2) is 4.79 Å². The number of carbonyl (C=O) groups excluding carboxylic acids is 3. The van der Waals surface area contributed by atoms with Gasteiger partial charge in [-0.15, -0.1) is 0 Å². The van der Waals surface area contributed by atoms with E-state index < -0.39 is 18.1 Å². The second kappa shape index (κ2) is 14.6. The molecule has 0 bridgehead atoms. The van der Waals surface area contributed by atoms with Gasteiger partial charge in [0.15, 0.2) is 0 Å². The van der Waals surface area contributed by atoms with E-state index >= 15 is 0 Å². The number of ether oxygens (including phenoxy) is 1. The average molecular weight is 477 g/mol. The molecule has 1 fully saturated rings. The summed E-state index contributed by atoms with van der Waals surface area (Å²) < 4.78 is 5.91. The first-order chi connectivity index (χ1) is 16.3. The minimum atomic E-state index is -1.11.